The van der Waals surface area contributed by atoms with Crippen LogP contribution in [0.2, 0.25) is 5.02 Å². The molecule has 1 aromatic carbocycles. The minimum absolute atomic E-state index is 0.344. The highest BCUT2D eigenvalue weighted by molar-refractivity contribution is 6.34. The smallest absolute Gasteiger partial charge is 0.250 e. The van der Waals surface area contributed by atoms with Crippen molar-refractivity contribution in [1.82, 2.24) is 4.90 Å². The summed E-state index contributed by atoms with van der Waals surface area (Å²) in [6, 6.07) is 3.17. The third-order valence-corrected chi connectivity index (χ3v) is 3.83. The summed E-state index contributed by atoms with van der Waals surface area (Å²) in [4.78, 5) is 13.9. The quantitative estimate of drug-likeness (QED) is 0.553. The Balaban J connectivity index is 1.92. The van der Waals surface area contributed by atoms with E-state index in [1.807, 2.05) is 0 Å². The molecule has 1 amide bonds. The summed E-state index contributed by atoms with van der Waals surface area (Å²) in [6.45, 7) is 4.19. The predicted molar refractivity (Wildman–Crippen MR) is 83.2 cm³/mol. The van der Waals surface area contributed by atoms with E-state index in [-0.39, 0.29) is 0 Å². The third-order valence-electron chi connectivity index (χ3n) is 3.53. The normalized spacial score (nSPS) is 15.4. The van der Waals surface area contributed by atoms with Crippen molar-refractivity contribution in [2.75, 3.05) is 37.2 Å². The van der Waals surface area contributed by atoms with Gasteiger partial charge in [-0.05, 0) is 51.0 Å². The van der Waals surface area contributed by atoms with E-state index in [0.717, 1.165) is 19.5 Å². The van der Waals surface area contributed by atoms with Crippen LogP contribution in [0, 0.1) is 0 Å². The average Bonchev–Trinajstić information content (AvgIpc) is 2.88. The van der Waals surface area contributed by atoms with Gasteiger partial charge in [0.1, 0.15) is 0 Å². The minimum atomic E-state index is -0.527. The van der Waals surface area contributed by atoms with Crippen molar-refractivity contribution in [2.24, 2.45) is 5.73 Å². The number of carbonyl (C=O) groups is 1. The first kappa shape index (κ1) is 14.9. The number of benzene rings is 1. The standard InChI is InChI=1S/C14H21ClN4O/c15-12-9-10(16)8-11(14(17)20)13(12)18-4-3-7-19-5-1-2-6-19/h8-9,18H,1-7,16H2,(H2,17,20). The van der Waals surface area contributed by atoms with E-state index in [1.165, 1.54) is 25.9 Å². The first-order chi connectivity index (χ1) is 9.58. The molecule has 110 valence electrons. The van der Waals surface area contributed by atoms with Crippen LogP contribution in [-0.2, 0) is 0 Å². The second-order valence-corrected chi connectivity index (χ2v) is 5.53. The van der Waals surface area contributed by atoms with Crippen molar-refractivity contribution in [3.8, 4) is 0 Å². The molecule has 0 atom stereocenters. The largest absolute Gasteiger partial charge is 0.399 e. The van der Waals surface area contributed by atoms with Crippen LogP contribution in [0.25, 0.3) is 0 Å². The molecule has 0 bridgehead atoms. The van der Waals surface area contributed by atoms with Gasteiger partial charge in [0.05, 0.1) is 16.3 Å². The number of anilines is 2. The lowest BCUT2D eigenvalue weighted by Gasteiger charge is -2.16. The van der Waals surface area contributed by atoms with Crippen LogP contribution < -0.4 is 16.8 Å². The molecule has 0 radical (unpaired) electrons. The Morgan fingerprint density at radius 1 is 1.35 bits per heavy atom. The van der Waals surface area contributed by atoms with Gasteiger partial charge >= 0.3 is 0 Å². The highest BCUT2D eigenvalue weighted by Gasteiger charge is 2.14. The van der Waals surface area contributed by atoms with Gasteiger partial charge in [0.2, 0.25) is 0 Å². The molecule has 1 fully saturated rings. The summed E-state index contributed by atoms with van der Waals surface area (Å²) < 4.78 is 0. The highest BCUT2D eigenvalue weighted by Crippen LogP contribution is 2.29. The van der Waals surface area contributed by atoms with Crippen LogP contribution in [-0.4, -0.2) is 37.0 Å². The minimum Gasteiger partial charge on any atom is -0.399 e. The number of rotatable bonds is 6. The van der Waals surface area contributed by atoms with Crippen molar-refractivity contribution in [1.29, 1.82) is 0 Å². The number of amides is 1. The number of hydrogen-bond donors (Lipinski definition) is 3. The summed E-state index contributed by atoms with van der Waals surface area (Å²) in [5, 5.41) is 3.63. The Bertz CT molecular complexity index is 486. The lowest BCUT2D eigenvalue weighted by atomic mass is 10.1. The SMILES string of the molecule is NC(=O)c1cc(N)cc(Cl)c1NCCCN1CCCC1. The van der Waals surface area contributed by atoms with Gasteiger partial charge in [0, 0.05) is 12.2 Å². The molecule has 0 spiro atoms. The monoisotopic (exact) mass is 296 g/mol. The Morgan fingerprint density at radius 2 is 2.05 bits per heavy atom. The number of hydrogen-bond acceptors (Lipinski definition) is 4. The molecule has 1 aliphatic rings. The maximum Gasteiger partial charge on any atom is 0.250 e. The zero-order valence-electron chi connectivity index (χ0n) is 11.5. The van der Waals surface area contributed by atoms with Crippen LogP contribution in [0.15, 0.2) is 12.1 Å². The molecule has 5 N–H and O–H groups in total. The van der Waals surface area contributed by atoms with Gasteiger partial charge in [-0.25, -0.2) is 0 Å². The number of nitrogens with one attached hydrogen (secondary N) is 1. The van der Waals surface area contributed by atoms with Crippen LogP contribution >= 0.6 is 11.6 Å². The Labute approximate surface area is 124 Å². The van der Waals surface area contributed by atoms with Crippen molar-refractivity contribution < 1.29 is 4.79 Å². The fraction of sp³-hybridized carbons (Fsp3) is 0.500. The molecule has 1 aliphatic heterocycles. The molecule has 0 aliphatic carbocycles. The van der Waals surface area contributed by atoms with Crippen LogP contribution in [0.1, 0.15) is 29.6 Å². The Morgan fingerprint density at radius 3 is 2.70 bits per heavy atom. The molecule has 2 rings (SSSR count). The molecule has 1 heterocycles. The lowest BCUT2D eigenvalue weighted by Crippen LogP contribution is -2.23. The Hall–Kier alpha value is -1.46. The number of nitrogen functional groups attached to an aromatic ring is 1. The van der Waals surface area contributed by atoms with Crippen LogP contribution in [0.3, 0.4) is 0 Å². The topological polar surface area (TPSA) is 84.4 Å². The predicted octanol–water partition coefficient (Wildman–Crippen LogP) is 1.92. The maximum absolute atomic E-state index is 11.4. The molecule has 6 heteroatoms. The number of nitrogens with zero attached hydrogens (tertiary/aromatic N) is 1. The molecule has 20 heavy (non-hydrogen) atoms. The average molecular weight is 297 g/mol. The molecule has 0 saturated carbocycles. The fourth-order valence-electron chi connectivity index (χ4n) is 2.52. The molecular formula is C14H21ClN4O. The summed E-state index contributed by atoms with van der Waals surface area (Å²) in [5.74, 6) is -0.527. The van der Waals surface area contributed by atoms with E-state index in [4.69, 9.17) is 23.1 Å². The van der Waals surface area contributed by atoms with E-state index >= 15 is 0 Å². The summed E-state index contributed by atoms with van der Waals surface area (Å²) in [6.07, 6.45) is 3.59. The van der Waals surface area contributed by atoms with E-state index < -0.39 is 5.91 Å². The molecule has 5 nitrogen and oxygen atoms in total. The van der Waals surface area contributed by atoms with Crippen LogP contribution in [0.4, 0.5) is 11.4 Å². The summed E-state index contributed by atoms with van der Waals surface area (Å²) in [5.41, 5.74) is 12.4. The number of carbonyl (C=O) groups excluding carboxylic acids is 1. The zero-order valence-corrected chi connectivity index (χ0v) is 12.2. The van der Waals surface area contributed by atoms with E-state index in [9.17, 15) is 4.79 Å². The first-order valence-electron chi connectivity index (χ1n) is 6.93. The molecule has 1 aromatic rings. The lowest BCUT2D eigenvalue weighted by molar-refractivity contribution is 0.100. The van der Waals surface area contributed by atoms with Gasteiger partial charge < -0.3 is 21.7 Å². The summed E-state index contributed by atoms with van der Waals surface area (Å²) >= 11 is 6.12. The highest BCUT2D eigenvalue weighted by atomic mass is 35.5. The van der Waals surface area contributed by atoms with E-state index in [1.54, 1.807) is 12.1 Å². The van der Waals surface area contributed by atoms with Gasteiger partial charge in [-0.2, -0.15) is 0 Å². The number of primary amides is 1. The van der Waals surface area contributed by atoms with Crippen LogP contribution in [0.5, 0.6) is 0 Å². The maximum atomic E-state index is 11.4. The van der Waals surface area contributed by atoms with Gasteiger partial charge in [0.15, 0.2) is 0 Å². The Kier molecular flexibility index (Phi) is 5.09. The van der Waals surface area contributed by atoms with Crippen molar-refractivity contribution in [3.05, 3.63) is 22.7 Å². The zero-order chi connectivity index (χ0) is 14.5. The van der Waals surface area contributed by atoms with Gasteiger partial charge in [0.25, 0.3) is 5.91 Å². The van der Waals surface area contributed by atoms with Gasteiger partial charge in [-0.15, -0.1) is 0 Å². The molecule has 0 unspecified atom stereocenters. The fourth-order valence-corrected chi connectivity index (χ4v) is 2.82. The van der Waals surface area contributed by atoms with Crippen molar-refractivity contribution in [2.45, 2.75) is 19.3 Å². The number of halogens is 1. The number of nitrogens with two attached hydrogens (primary N) is 2. The van der Waals surface area contributed by atoms with E-state index in [2.05, 4.69) is 10.2 Å². The molecule has 1 saturated heterocycles. The number of likely N-dealkylation sites (tertiary alicyclic amines) is 1. The third kappa shape index (κ3) is 3.77. The van der Waals surface area contributed by atoms with Crippen molar-refractivity contribution >= 4 is 28.9 Å². The van der Waals surface area contributed by atoms with Gasteiger partial charge in [-0.3, -0.25) is 4.79 Å². The van der Waals surface area contributed by atoms with Gasteiger partial charge in [-0.1, -0.05) is 11.6 Å². The first-order valence-corrected chi connectivity index (χ1v) is 7.31. The molecule has 0 aromatic heterocycles. The summed E-state index contributed by atoms with van der Waals surface area (Å²) in [7, 11) is 0. The second kappa shape index (κ2) is 6.81. The second-order valence-electron chi connectivity index (χ2n) is 5.12. The van der Waals surface area contributed by atoms with E-state index in [0.29, 0.717) is 22.0 Å². The molecular weight excluding hydrogens is 276 g/mol. The van der Waals surface area contributed by atoms with Crippen molar-refractivity contribution in [3.63, 3.8) is 0 Å².